The first-order chi connectivity index (χ1) is 41.3. The summed E-state index contributed by atoms with van der Waals surface area (Å²) in [6, 6.07) is 0. The average molecular weight is 1260 g/mol. The SMILES string of the molecule is COC12CC(COC3OC(CO)C(O)C(O)C3O)CN=C1C(C)(O)C1C(CC3C4CCC5CC(OC6OC(CO)C(OC7OC(CO)C(O)C(OC8OCC(O)C(O)C8O)C7OC7OC(CO)C(O)C(O)C7O)C(O)C6O)CCC5(C)C4CCC31C)O2. The third-order valence-corrected chi connectivity index (χ3v) is 22.3. The van der Waals surface area contributed by atoms with E-state index in [-0.39, 0.29) is 60.2 Å². The van der Waals surface area contributed by atoms with Gasteiger partial charge in [-0.2, -0.15) is 0 Å². The fraction of sp³-hybridized carbons (Fsp3) is 0.982. The predicted molar refractivity (Wildman–Crippen MR) is 286 cm³/mol. The van der Waals surface area contributed by atoms with Crippen molar-refractivity contribution >= 4 is 5.71 Å². The molecule has 7 aliphatic heterocycles. The average Bonchev–Trinajstić information content (AvgIpc) is 1.59. The third-order valence-electron chi connectivity index (χ3n) is 22.3. The molecule has 30 heteroatoms. The van der Waals surface area contributed by atoms with Crippen molar-refractivity contribution in [2.24, 2.45) is 51.3 Å². The van der Waals surface area contributed by atoms with Crippen LogP contribution in [-0.2, 0) is 56.8 Å². The van der Waals surface area contributed by atoms with Crippen molar-refractivity contribution in [1.82, 2.24) is 0 Å². The largest absolute Gasteiger partial charge is 0.394 e. The molecule has 30 nitrogen and oxygen atoms in total. The maximum Gasteiger partial charge on any atom is 0.211 e. The van der Waals surface area contributed by atoms with Gasteiger partial charge in [0.15, 0.2) is 31.5 Å². The summed E-state index contributed by atoms with van der Waals surface area (Å²) in [4.78, 5) is 4.96. The highest BCUT2D eigenvalue weighted by Crippen LogP contribution is 2.70. The quantitative estimate of drug-likeness (QED) is 0.0639. The molecule has 0 amide bonds. The summed E-state index contributed by atoms with van der Waals surface area (Å²) in [7, 11) is 1.53. The summed E-state index contributed by atoms with van der Waals surface area (Å²) in [5.74, 6) is -0.972. The number of ether oxygens (including phenoxy) is 12. The van der Waals surface area contributed by atoms with Gasteiger partial charge in [-0.1, -0.05) is 13.8 Å². The Morgan fingerprint density at radius 2 is 1.09 bits per heavy atom. The molecule has 36 atom stereocenters. The van der Waals surface area contributed by atoms with Gasteiger partial charge in [0, 0.05) is 31.9 Å². The second kappa shape index (κ2) is 26.0. The van der Waals surface area contributed by atoms with Gasteiger partial charge in [0.05, 0.1) is 51.8 Å². The van der Waals surface area contributed by atoms with Crippen LogP contribution in [0.5, 0.6) is 0 Å². The van der Waals surface area contributed by atoms with E-state index in [1.807, 2.05) is 6.92 Å². The number of nitrogens with zero attached hydrogens (tertiary/aromatic N) is 1. The van der Waals surface area contributed by atoms with Crippen molar-refractivity contribution in [1.29, 1.82) is 0 Å². The zero-order valence-corrected chi connectivity index (χ0v) is 49.2. The Kier molecular flexibility index (Phi) is 20.0. The lowest BCUT2D eigenvalue weighted by Gasteiger charge is -2.62. The monoisotopic (exact) mass is 1260 g/mol. The minimum absolute atomic E-state index is 0.00847. The Morgan fingerprint density at radius 3 is 1.76 bits per heavy atom. The van der Waals surface area contributed by atoms with E-state index >= 15 is 0 Å². The maximum absolute atomic E-state index is 12.9. The summed E-state index contributed by atoms with van der Waals surface area (Å²) in [5, 5.41) is 184. The smallest absolute Gasteiger partial charge is 0.211 e. The van der Waals surface area contributed by atoms with Crippen molar-refractivity contribution in [3.63, 3.8) is 0 Å². The van der Waals surface area contributed by atoms with Crippen molar-refractivity contribution < 1.29 is 144 Å². The van der Waals surface area contributed by atoms with Gasteiger partial charge in [-0.25, -0.2) is 0 Å². The van der Waals surface area contributed by atoms with Gasteiger partial charge in [0.2, 0.25) is 5.79 Å². The Labute approximate surface area is 502 Å². The van der Waals surface area contributed by atoms with Crippen LogP contribution in [0.15, 0.2) is 4.99 Å². The molecule has 11 rings (SSSR count). The second-order valence-electron chi connectivity index (χ2n) is 27.2. The minimum Gasteiger partial charge on any atom is -0.394 e. The van der Waals surface area contributed by atoms with Gasteiger partial charge in [0.25, 0.3) is 0 Å². The highest BCUT2D eigenvalue weighted by atomic mass is 16.8. The first-order valence-electron chi connectivity index (χ1n) is 30.9. The Balaban J connectivity index is 0.745. The van der Waals surface area contributed by atoms with Crippen molar-refractivity contribution in [3.8, 4) is 0 Å². The van der Waals surface area contributed by atoms with Crippen LogP contribution >= 0.6 is 0 Å². The van der Waals surface area contributed by atoms with E-state index in [0.29, 0.717) is 36.8 Å². The Hall–Kier alpha value is -1.49. The van der Waals surface area contributed by atoms with Crippen LogP contribution in [0.25, 0.3) is 0 Å². The maximum atomic E-state index is 12.9. The lowest BCUT2D eigenvalue weighted by molar-refractivity contribution is -0.404. The van der Waals surface area contributed by atoms with Crippen LogP contribution in [0.2, 0.25) is 0 Å². The number of aliphatic hydroxyl groups excluding tert-OH is 16. The molecule has 500 valence electrons. The van der Waals surface area contributed by atoms with Gasteiger partial charge >= 0.3 is 0 Å². The molecular formula is C57H93NO29. The molecule has 0 spiro atoms. The number of methoxy groups -OCH3 is 1. The third kappa shape index (κ3) is 11.7. The molecule has 4 aliphatic carbocycles. The summed E-state index contributed by atoms with van der Waals surface area (Å²) in [6.07, 6.45) is -35.3. The van der Waals surface area contributed by atoms with E-state index in [4.69, 9.17) is 61.8 Å². The van der Waals surface area contributed by atoms with E-state index in [2.05, 4.69) is 13.8 Å². The summed E-state index contributed by atoms with van der Waals surface area (Å²) in [6.45, 7) is 2.99. The molecular weight excluding hydrogens is 1160 g/mol. The molecule has 0 aromatic carbocycles. The van der Waals surface area contributed by atoms with Gasteiger partial charge in [-0.05, 0) is 92.8 Å². The number of hydrogen-bond acceptors (Lipinski definition) is 30. The van der Waals surface area contributed by atoms with Crippen LogP contribution in [0.3, 0.4) is 0 Å². The fourth-order valence-corrected chi connectivity index (χ4v) is 17.7. The molecule has 4 saturated carbocycles. The number of aliphatic hydroxyl groups is 17. The lowest BCUT2D eigenvalue weighted by atomic mass is 9.44. The Bertz CT molecular complexity index is 2340. The van der Waals surface area contributed by atoms with Crippen LogP contribution in [0, 0.1) is 46.3 Å². The molecule has 0 aromatic rings. The molecule has 7 heterocycles. The van der Waals surface area contributed by atoms with E-state index in [1.54, 1.807) is 0 Å². The number of hydrogen-bond donors (Lipinski definition) is 17. The first kappa shape index (κ1) is 66.9. The molecule has 10 fully saturated rings. The molecule has 11 aliphatic rings. The zero-order chi connectivity index (χ0) is 62.6. The highest BCUT2D eigenvalue weighted by molar-refractivity contribution is 6.00. The summed E-state index contributed by atoms with van der Waals surface area (Å²) >= 11 is 0. The van der Waals surface area contributed by atoms with Gasteiger partial charge < -0.3 is 144 Å². The predicted octanol–water partition coefficient (Wildman–Crippen LogP) is -6.68. The van der Waals surface area contributed by atoms with Crippen LogP contribution < -0.4 is 0 Å². The molecule has 87 heavy (non-hydrogen) atoms. The van der Waals surface area contributed by atoms with Crippen LogP contribution in [0.1, 0.15) is 78.6 Å². The number of aliphatic imine (C=N–C) groups is 1. The van der Waals surface area contributed by atoms with Crippen molar-refractivity contribution in [2.75, 3.05) is 53.3 Å². The summed E-state index contributed by atoms with van der Waals surface area (Å²) in [5.41, 5.74) is -1.40. The van der Waals surface area contributed by atoms with E-state index < -0.39 is 198 Å². The zero-order valence-electron chi connectivity index (χ0n) is 49.2. The topological polar surface area (TPSA) is 467 Å². The van der Waals surface area contributed by atoms with E-state index in [1.165, 1.54) is 7.11 Å². The minimum atomic E-state index is -2.04. The van der Waals surface area contributed by atoms with Gasteiger partial charge in [-0.3, -0.25) is 4.99 Å². The second-order valence-corrected chi connectivity index (χ2v) is 27.2. The van der Waals surface area contributed by atoms with Gasteiger partial charge in [0.1, 0.15) is 127 Å². The van der Waals surface area contributed by atoms with Crippen LogP contribution in [0.4, 0.5) is 0 Å². The Morgan fingerprint density at radius 1 is 0.529 bits per heavy atom. The molecule has 0 radical (unpaired) electrons. The van der Waals surface area contributed by atoms with E-state index in [0.717, 1.165) is 32.1 Å². The van der Waals surface area contributed by atoms with Crippen LogP contribution in [-0.4, -0.2) is 317 Å². The molecule has 17 N–H and O–H groups in total. The summed E-state index contributed by atoms with van der Waals surface area (Å²) < 4.78 is 72.8. The molecule has 0 aromatic heterocycles. The fourth-order valence-electron chi connectivity index (χ4n) is 17.7. The first-order valence-corrected chi connectivity index (χ1v) is 30.9. The number of fused-ring (bicyclic) bond motifs is 8. The van der Waals surface area contributed by atoms with Crippen molar-refractivity contribution in [3.05, 3.63) is 0 Å². The van der Waals surface area contributed by atoms with Gasteiger partial charge in [-0.15, -0.1) is 0 Å². The normalized spacial score (nSPS) is 56.1. The standard InChI is InChI=1S/C57H93NO29/c1-54-9-7-23(11-22(54)5-6-24-25(54)8-10-55(2)26(24)12-28-47(55)56(3,75)53-57(76-4,87-28)13-21(14-58-53)19-77-48-41(72)37(68)34(65)29(15-59)80-48)79-50-43(74)39(70)44(32(18-62)83-50)84-52-46(86-51-42(73)38(69)35(66)30(16-60)81-51)45(36(67)31(17-61)82-52)85-49-40(71)33(64)27(63)20-78-49/h21-52,59-75H,5-20H2,1-4H3. The number of rotatable bonds is 16. The molecule has 0 bridgehead atoms. The highest BCUT2D eigenvalue weighted by Gasteiger charge is 2.72. The molecule has 6 saturated heterocycles. The lowest BCUT2D eigenvalue weighted by Crippen LogP contribution is -2.69. The van der Waals surface area contributed by atoms with Crippen molar-refractivity contribution in [2.45, 2.75) is 250 Å². The van der Waals surface area contributed by atoms with E-state index in [9.17, 15) is 86.8 Å². The molecule has 36 unspecified atom stereocenters.